The minimum Gasteiger partial charge on any atom is -0.488 e. The molecule has 1 aromatic carbocycles. The lowest BCUT2D eigenvalue weighted by atomic mass is 10.0. The van der Waals surface area contributed by atoms with Crippen molar-refractivity contribution in [3.63, 3.8) is 0 Å². The molecule has 1 atom stereocenters. The highest BCUT2D eigenvalue weighted by Gasteiger charge is 2.14. The van der Waals surface area contributed by atoms with Gasteiger partial charge in [-0.3, -0.25) is 9.78 Å². The highest BCUT2D eigenvalue weighted by molar-refractivity contribution is 5.97. The van der Waals surface area contributed by atoms with E-state index < -0.39 is 11.7 Å². The van der Waals surface area contributed by atoms with E-state index in [4.69, 9.17) is 29.4 Å². The number of nitrogens with two attached hydrogens (primary N) is 1. The highest BCUT2D eigenvalue weighted by Crippen LogP contribution is 2.30. The molecule has 192 valence electrons. The number of ether oxygens (including phenoxy) is 5. The van der Waals surface area contributed by atoms with Gasteiger partial charge in [-0.1, -0.05) is 6.07 Å². The van der Waals surface area contributed by atoms with Crippen molar-refractivity contribution in [1.82, 2.24) is 9.97 Å². The molecule has 2 aromatic heterocycles. The van der Waals surface area contributed by atoms with E-state index in [0.717, 1.165) is 25.9 Å². The second-order valence-corrected chi connectivity index (χ2v) is 8.20. The molecular formula is C26H30FN3O6. The molecular weight excluding hydrogens is 469 g/mol. The molecule has 36 heavy (non-hydrogen) atoms. The standard InChI is InChI=1S/C26H30FN3O6/c27-21-15-18(20-17-29-16-19-4-6-22(26(28)31)30-25(19)20)5-7-23(21)34-13-11-32-9-10-33-12-14-36-24-3-1-2-8-35-24/h4-7,15-17,24H,1-3,8-14H2,(H2,28,31). The maximum Gasteiger partial charge on any atom is 0.267 e. The maximum atomic E-state index is 14.7. The summed E-state index contributed by atoms with van der Waals surface area (Å²) in [5.74, 6) is -1.05. The van der Waals surface area contributed by atoms with Crippen molar-refractivity contribution in [2.24, 2.45) is 5.73 Å². The number of fused-ring (bicyclic) bond motifs is 1. The minimum absolute atomic E-state index is 0.111. The van der Waals surface area contributed by atoms with Gasteiger partial charge < -0.3 is 29.4 Å². The summed E-state index contributed by atoms with van der Waals surface area (Å²) in [6.45, 7) is 3.04. The summed E-state index contributed by atoms with van der Waals surface area (Å²) in [6, 6.07) is 7.84. The van der Waals surface area contributed by atoms with E-state index in [1.165, 1.54) is 12.1 Å². The zero-order chi connectivity index (χ0) is 25.2. The molecule has 0 spiro atoms. The second kappa shape index (κ2) is 13.2. The average molecular weight is 500 g/mol. The number of aromatic nitrogens is 2. The number of benzene rings is 1. The minimum atomic E-state index is -0.637. The number of primary amides is 1. The molecule has 0 bridgehead atoms. The van der Waals surface area contributed by atoms with E-state index in [0.29, 0.717) is 55.1 Å². The zero-order valence-corrected chi connectivity index (χ0v) is 20.0. The second-order valence-electron chi connectivity index (χ2n) is 8.20. The summed E-state index contributed by atoms with van der Waals surface area (Å²) >= 11 is 0. The fraction of sp³-hybridized carbons (Fsp3) is 0.423. The molecule has 1 unspecified atom stereocenters. The SMILES string of the molecule is NC(=O)c1ccc2cncc(-c3ccc(OCCOCCOCCOC4CCCCO4)c(F)c3)c2n1. The lowest BCUT2D eigenvalue weighted by Crippen LogP contribution is -2.24. The summed E-state index contributed by atoms with van der Waals surface area (Å²) in [5.41, 5.74) is 7.13. The van der Waals surface area contributed by atoms with Crippen molar-refractivity contribution in [3.8, 4) is 16.9 Å². The van der Waals surface area contributed by atoms with Crippen molar-refractivity contribution in [2.75, 3.05) is 46.2 Å². The van der Waals surface area contributed by atoms with E-state index in [9.17, 15) is 9.18 Å². The molecule has 10 heteroatoms. The van der Waals surface area contributed by atoms with Crippen LogP contribution in [0, 0.1) is 5.82 Å². The molecule has 4 rings (SSSR count). The van der Waals surface area contributed by atoms with Crippen molar-refractivity contribution in [1.29, 1.82) is 0 Å². The van der Waals surface area contributed by atoms with Gasteiger partial charge >= 0.3 is 0 Å². The first-order chi connectivity index (χ1) is 17.6. The predicted octanol–water partition coefficient (Wildman–Crippen LogP) is 3.49. The molecule has 1 aliphatic heterocycles. The Balaban J connectivity index is 1.19. The van der Waals surface area contributed by atoms with Crippen LogP contribution < -0.4 is 10.5 Å². The number of hydrogen-bond donors (Lipinski definition) is 1. The number of hydrogen-bond acceptors (Lipinski definition) is 8. The number of carbonyl (C=O) groups is 1. The third-order valence-corrected chi connectivity index (χ3v) is 5.62. The molecule has 1 saturated heterocycles. The maximum absolute atomic E-state index is 14.7. The largest absolute Gasteiger partial charge is 0.488 e. The Morgan fingerprint density at radius 3 is 2.58 bits per heavy atom. The fourth-order valence-electron chi connectivity index (χ4n) is 3.79. The summed E-state index contributed by atoms with van der Waals surface area (Å²) in [5, 5.41) is 0.713. The van der Waals surface area contributed by atoms with Crippen molar-refractivity contribution in [3.05, 3.63) is 54.2 Å². The lowest BCUT2D eigenvalue weighted by Gasteiger charge is -2.22. The number of amides is 1. The van der Waals surface area contributed by atoms with Crippen LogP contribution in [0.15, 0.2) is 42.7 Å². The Hall–Kier alpha value is -3.18. The van der Waals surface area contributed by atoms with Crippen LogP contribution in [0.25, 0.3) is 22.0 Å². The lowest BCUT2D eigenvalue weighted by molar-refractivity contribution is -0.169. The normalized spacial score (nSPS) is 15.8. The van der Waals surface area contributed by atoms with E-state index in [2.05, 4.69) is 9.97 Å². The van der Waals surface area contributed by atoms with Crippen molar-refractivity contribution in [2.45, 2.75) is 25.6 Å². The summed E-state index contributed by atoms with van der Waals surface area (Å²) in [6.07, 6.45) is 6.24. The Bertz CT molecular complexity index is 1160. The first kappa shape index (κ1) is 25.9. The Morgan fingerprint density at radius 1 is 1.03 bits per heavy atom. The van der Waals surface area contributed by atoms with E-state index in [1.807, 2.05) is 0 Å². The van der Waals surface area contributed by atoms with Gasteiger partial charge in [0.05, 0.1) is 38.6 Å². The highest BCUT2D eigenvalue weighted by atomic mass is 19.1. The monoisotopic (exact) mass is 499 g/mol. The fourth-order valence-corrected chi connectivity index (χ4v) is 3.79. The van der Waals surface area contributed by atoms with Crippen LogP contribution >= 0.6 is 0 Å². The van der Waals surface area contributed by atoms with Crippen LogP contribution in [0.1, 0.15) is 29.8 Å². The van der Waals surface area contributed by atoms with Crippen LogP contribution in [0.5, 0.6) is 5.75 Å². The Labute approximate surface area is 208 Å². The molecule has 1 amide bonds. The molecule has 1 fully saturated rings. The first-order valence-corrected chi connectivity index (χ1v) is 12.0. The van der Waals surface area contributed by atoms with Crippen LogP contribution in [0.4, 0.5) is 4.39 Å². The number of halogens is 1. The molecule has 1 aliphatic rings. The van der Waals surface area contributed by atoms with Gasteiger partial charge in [-0.05, 0) is 49.1 Å². The van der Waals surface area contributed by atoms with Gasteiger partial charge in [0.2, 0.25) is 0 Å². The Morgan fingerprint density at radius 2 is 1.83 bits per heavy atom. The number of nitrogens with zero attached hydrogens (tertiary/aromatic N) is 2. The Kier molecular flexibility index (Phi) is 9.51. The van der Waals surface area contributed by atoms with Crippen molar-refractivity contribution < 1.29 is 32.9 Å². The van der Waals surface area contributed by atoms with Gasteiger partial charge in [0.15, 0.2) is 17.9 Å². The van der Waals surface area contributed by atoms with E-state index >= 15 is 0 Å². The third-order valence-electron chi connectivity index (χ3n) is 5.62. The first-order valence-electron chi connectivity index (χ1n) is 12.0. The van der Waals surface area contributed by atoms with Crippen LogP contribution in [-0.4, -0.2) is 68.4 Å². The molecule has 0 saturated carbocycles. The van der Waals surface area contributed by atoms with Gasteiger partial charge in [-0.25, -0.2) is 9.37 Å². The summed E-state index contributed by atoms with van der Waals surface area (Å²) < 4.78 is 42.2. The van der Waals surface area contributed by atoms with E-state index in [1.54, 1.807) is 30.6 Å². The van der Waals surface area contributed by atoms with Gasteiger partial charge in [0.25, 0.3) is 5.91 Å². The quantitative estimate of drug-likeness (QED) is 0.356. The van der Waals surface area contributed by atoms with Crippen molar-refractivity contribution >= 4 is 16.8 Å². The van der Waals surface area contributed by atoms with Gasteiger partial charge in [0.1, 0.15) is 12.3 Å². The predicted molar refractivity (Wildman–Crippen MR) is 130 cm³/mol. The van der Waals surface area contributed by atoms with Crippen LogP contribution in [-0.2, 0) is 18.9 Å². The van der Waals surface area contributed by atoms with Gasteiger partial charge in [-0.2, -0.15) is 0 Å². The summed E-state index contributed by atoms with van der Waals surface area (Å²) in [4.78, 5) is 20.0. The molecule has 3 heterocycles. The van der Waals surface area contributed by atoms with Crippen LogP contribution in [0.2, 0.25) is 0 Å². The van der Waals surface area contributed by atoms with Crippen LogP contribution in [0.3, 0.4) is 0 Å². The molecule has 0 aliphatic carbocycles. The molecule has 2 N–H and O–H groups in total. The van der Waals surface area contributed by atoms with Gasteiger partial charge in [0, 0.05) is 30.0 Å². The zero-order valence-electron chi connectivity index (χ0n) is 20.0. The summed E-state index contributed by atoms with van der Waals surface area (Å²) in [7, 11) is 0. The smallest absolute Gasteiger partial charge is 0.267 e. The topological polar surface area (TPSA) is 115 Å². The number of pyridine rings is 2. The number of carbonyl (C=O) groups excluding carboxylic acids is 1. The molecule has 0 radical (unpaired) electrons. The third kappa shape index (κ3) is 7.17. The van der Waals surface area contributed by atoms with Gasteiger partial charge in [-0.15, -0.1) is 0 Å². The number of rotatable bonds is 13. The average Bonchev–Trinajstić information content (AvgIpc) is 2.90. The molecule has 3 aromatic rings. The van der Waals surface area contributed by atoms with E-state index in [-0.39, 0.29) is 24.3 Å². The molecule has 9 nitrogen and oxygen atoms in total.